The van der Waals surface area contributed by atoms with E-state index in [1.165, 1.54) is 21.3 Å². The fourth-order valence-corrected chi connectivity index (χ4v) is 3.52. The molecule has 24 heavy (non-hydrogen) atoms. The maximum absolute atomic E-state index is 12.8. The van der Waals surface area contributed by atoms with Crippen molar-refractivity contribution in [2.75, 3.05) is 26.1 Å². The van der Waals surface area contributed by atoms with Gasteiger partial charge in [-0.1, -0.05) is 0 Å². The van der Waals surface area contributed by atoms with E-state index in [9.17, 15) is 8.42 Å². The second kappa shape index (κ2) is 7.00. The topological polar surface area (TPSA) is 73.9 Å². The standard InChI is InChI=1S/C17H21NO5S/c1-11-8-16(23-5)17(9-12(11)2)24(19,20)18-14-7-6-13(21-3)10-15(14)22-4/h6-10,18H,1-5H3. The number of ether oxygens (including phenoxy) is 3. The molecule has 0 radical (unpaired) electrons. The van der Waals surface area contributed by atoms with Gasteiger partial charge in [0.2, 0.25) is 0 Å². The first-order valence-electron chi connectivity index (χ1n) is 7.22. The Morgan fingerprint density at radius 3 is 2.04 bits per heavy atom. The van der Waals surface area contributed by atoms with E-state index >= 15 is 0 Å². The van der Waals surface area contributed by atoms with Crippen molar-refractivity contribution >= 4 is 15.7 Å². The molecule has 0 aliphatic rings. The highest BCUT2D eigenvalue weighted by Crippen LogP contribution is 2.33. The number of methoxy groups -OCH3 is 3. The van der Waals surface area contributed by atoms with Gasteiger partial charge >= 0.3 is 0 Å². The molecule has 0 amide bonds. The van der Waals surface area contributed by atoms with Crippen LogP contribution in [0.5, 0.6) is 17.2 Å². The molecule has 1 N–H and O–H groups in total. The van der Waals surface area contributed by atoms with Gasteiger partial charge in [-0.3, -0.25) is 4.72 Å². The van der Waals surface area contributed by atoms with Gasteiger partial charge in [0.05, 0.1) is 27.0 Å². The maximum Gasteiger partial charge on any atom is 0.265 e. The Morgan fingerprint density at radius 2 is 1.46 bits per heavy atom. The lowest BCUT2D eigenvalue weighted by Crippen LogP contribution is -2.15. The van der Waals surface area contributed by atoms with E-state index in [1.54, 1.807) is 30.3 Å². The Morgan fingerprint density at radius 1 is 0.833 bits per heavy atom. The normalized spacial score (nSPS) is 11.0. The monoisotopic (exact) mass is 351 g/mol. The highest BCUT2D eigenvalue weighted by atomic mass is 32.2. The minimum atomic E-state index is -3.84. The number of anilines is 1. The van der Waals surface area contributed by atoms with E-state index in [0.29, 0.717) is 17.2 Å². The summed E-state index contributed by atoms with van der Waals surface area (Å²) >= 11 is 0. The van der Waals surface area contributed by atoms with Crippen molar-refractivity contribution in [1.29, 1.82) is 0 Å². The zero-order valence-electron chi connectivity index (χ0n) is 14.3. The van der Waals surface area contributed by atoms with Gasteiger partial charge in [0.25, 0.3) is 10.0 Å². The molecule has 0 aliphatic heterocycles. The number of nitrogens with one attached hydrogen (secondary N) is 1. The molecule has 2 aromatic rings. The summed E-state index contributed by atoms with van der Waals surface area (Å²) in [6.07, 6.45) is 0. The summed E-state index contributed by atoms with van der Waals surface area (Å²) < 4.78 is 43.7. The van der Waals surface area contributed by atoms with Crippen molar-refractivity contribution in [3.8, 4) is 17.2 Å². The molecule has 0 saturated heterocycles. The largest absolute Gasteiger partial charge is 0.497 e. The summed E-state index contributed by atoms with van der Waals surface area (Å²) in [5.74, 6) is 1.22. The third-order valence-electron chi connectivity index (χ3n) is 3.72. The molecule has 0 spiro atoms. The van der Waals surface area contributed by atoms with E-state index in [2.05, 4.69) is 4.72 Å². The van der Waals surface area contributed by atoms with Crippen LogP contribution in [0.25, 0.3) is 0 Å². The molecule has 2 rings (SSSR count). The van der Waals surface area contributed by atoms with Gasteiger partial charge in [0.1, 0.15) is 22.1 Å². The molecule has 2 aromatic carbocycles. The summed E-state index contributed by atoms with van der Waals surface area (Å²) in [5.41, 5.74) is 2.13. The molecular weight excluding hydrogens is 330 g/mol. The fourth-order valence-electron chi connectivity index (χ4n) is 2.22. The second-order valence-corrected chi connectivity index (χ2v) is 6.91. The average molecular weight is 351 g/mol. The van der Waals surface area contributed by atoms with Crippen LogP contribution in [0.2, 0.25) is 0 Å². The lowest BCUT2D eigenvalue weighted by Gasteiger charge is -2.16. The summed E-state index contributed by atoms with van der Waals surface area (Å²) in [4.78, 5) is 0.0750. The summed E-state index contributed by atoms with van der Waals surface area (Å²) in [6, 6.07) is 8.14. The van der Waals surface area contributed by atoms with Crippen LogP contribution >= 0.6 is 0 Å². The van der Waals surface area contributed by atoms with Crippen molar-refractivity contribution in [3.05, 3.63) is 41.5 Å². The van der Waals surface area contributed by atoms with Crippen molar-refractivity contribution < 1.29 is 22.6 Å². The Labute approximate surface area is 142 Å². The third kappa shape index (κ3) is 3.56. The first kappa shape index (κ1) is 17.9. The van der Waals surface area contributed by atoms with Gasteiger partial charge in [0.15, 0.2) is 0 Å². The van der Waals surface area contributed by atoms with Gasteiger partial charge in [-0.2, -0.15) is 0 Å². The number of aryl methyl sites for hydroxylation is 2. The number of sulfonamides is 1. The average Bonchev–Trinajstić information content (AvgIpc) is 2.56. The fraction of sp³-hybridized carbons (Fsp3) is 0.294. The third-order valence-corrected chi connectivity index (χ3v) is 5.11. The first-order chi connectivity index (χ1) is 11.3. The molecule has 0 fully saturated rings. The second-order valence-electron chi connectivity index (χ2n) is 5.26. The minimum absolute atomic E-state index is 0.0750. The number of hydrogen-bond acceptors (Lipinski definition) is 5. The Bertz CT molecular complexity index is 846. The molecule has 6 nitrogen and oxygen atoms in total. The first-order valence-corrected chi connectivity index (χ1v) is 8.70. The highest BCUT2D eigenvalue weighted by molar-refractivity contribution is 7.92. The quantitative estimate of drug-likeness (QED) is 0.865. The Balaban J connectivity index is 2.48. The van der Waals surface area contributed by atoms with E-state index in [-0.39, 0.29) is 10.6 Å². The van der Waals surface area contributed by atoms with E-state index in [4.69, 9.17) is 14.2 Å². The molecule has 0 saturated carbocycles. The lowest BCUT2D eigenvalue weighted by atomic mass is 10.1. The lowest BCUT2D eigenvalue weighted by molar-refractivity contribution is 0.395. The van der Waals surface area contributed by atoms with Gasteiger partial charge < -0.3 is 14.2 Å². The molecule has 0 aliphatic carbocycles. The molecule has 7 heteroatoms. The molecule has 0 bridgehead atoms. The van der Waals surface area contributed by atoms with Crippen LogP contribution in [0.3, 0.4) is 0 Å². The van der Waals surface area contributed by atoms with E-state index in [0.717, 1.165) is 11.1 Å². The Hall–Kier alpha value is -2.41. The van der Waals surface area contributed by atoms with Gasteiger partial charge in [-0.25, -0.2) is 8.42 Å². The summed E-state index contributed by atoms with van der Waals surface area (Å²) in [6.45, 7) is 3.75. The van der Waals surface area contributed by atoms with Gasteiger partial charge in [0, 0.05) is 6.07 Å². The predicted octanol–water partition coefficient (Wildman–Crippen LogP) is 3.13. The molecule has 130 valence electrons. The van der Waals surface area contributed by atoms with Crippen LogP contribution in [-0.4, -0.2) is 29.7 Å². The maximum atomic E-state index is 12.8. The summed E-state index contributed by atoms with van der Waals surface area (Å²) in [7, 11) is 0.586. The van der Waals surface area contributed by atoms with Crippen LogP contribution in [-0.2, 0) is 10.0 Å². The van der Waals surface area contributed by atoms with Crippen molar-refractivity contribution in [3.63, 3.8) is 0 Å². The van der Waals surface area contributed by atoms with Crippen molar-refractivity contribution in [2.45, 2.75) is 18.7 Å². The van der Waals surface area contributed by atoms with Crippen LogP contribution in [0.15, 0.2) is 35.2 Å². The van der Waals surface area contributed by atoms with Gasteiger partial charge in [-0.05, 0) is 49.2 Å². The number of benzene rings is 2. The van der Waals surface area contributed by atoms with E-state index < -0.39 is 10.0 Å². The zero-order valence-corrected chi connectivity index (χ0v) is 15.2. The van der Waals surface area contributed by atoms with Crippen molar-refractivity contribution in [2.24, 2.45) is 0 Å². The number of rotatable bonds is 6. The molecular formula is C17H21NO5S. The zero-order chi connectivity index (χ0) is 17.9. The van der Waals surface area contributed by atoms with E-state index in [1.807, 2.05) is 13.8 Å². The molecule has 0 atom stereocenters. The van der Waals surface area contributed by atoms with Crippen LogP contribution in [0.4, 0.5) is 5.69 Å². The van der Waals surface area contributed by atoms with Crippen LogP contribution < -0.4 is 18.9 Å². The van der Waals surface area contributed by atoms with Crippen LogP contribution in [0.1, 0.15) is 11.1 Å². The van der Waals surface area contributed by atoms with Gasteiger partial charge in [-0.15, -0.1) is 0 Å². The minimum Gasteiger partial charge on any atom is -0.497 e. The number of hydrogen-bond donors (Lipinski definition) is 1. The highest BCUT2D eigenvalue weighted by Gasteiger charge is 2.22. The molecule has 0 heterocycles. The Kier molecular flexibility index (Phi) is 5.23. The summed E-state index contributed by atoms with van der Waals surface area (Å²) in [5, 5.41) is 0. The SMILES string of the molecule is COc1ccc(NS(=O)(=O)c2cc(C)c(C)cc2OC)c(OC)c1. The smallest absolute Gasteiger partial charge is 0.265 e. The molecule has 0 aromatic heterocycles. The predicted molar refractivity (Wildman–Crippen MR) is 92.8 cm³/mol. The molecule has 0 unspecified atom stereocenters. The van der Waals surface area contributed by atoms with Crippen molar-refractivity contribution in [1.82, 2.24) is 0 Å². The van der Waals surface area contributed by atoms with Crippen LogP contribution in [0, 0.1) is 13.8 Å².